The van der Waals surface area contributed by atoms with Gasteiger partial charge in [0.15, 0.2) is 11.5 Å². The van der Waals surface area contributed by atoms with Crippen molar-refractivity contribution in [3.05, 3.63) is 59.2 Å². The predicted octanol–water partition coefficient (Wildman–Crippen LogP) is 2.31. The number of primary amides is 1. The van der Waals surface area contributed by atoms with Crippen LogP contribution in [0.25, 0.3) is 0 Å². The third-order valence-electron chi connectivity index (χ3n) is 4.01. The Labute approximate surface area is 158 Å². The molecule has 144 valence electrons. The Morgan fingerprint density at radius 2 is 1.67 bits per heavy atom. The zero-order valence-corrected chi connectivity index (χ0v) is 15.7. The molecule has 1 unspecified atom stereocenters. The lowest BCUT2D eigenvalue weighted by molar-refractivity contribution is 0.0937. The second-order valence-corrected chi connectivity index (χ2v) is 5.89. The SMILES string of the molecule is COCCOc1ccc(C(C)NC(=O)c2ccc(C(N)=O)cc2)cc1OC. The quantitative estimate of drug-likeness (QED) is 0.658. The fourth-order valence-corrected chi connectivity index (χ4v) is 2.46. The van der Waals surface area contributed by atoms with Crippen molar-refractivity contribution in [1.82, 2.24) is 5.32 Å². The minimum absolute atomic E-state index is 0.252. The maximum atomic E-state index is 12.4. The van der Waals surface area contributed by atoms with Crippen molar-refractivity contribution < 1.29 is 23.8 Å². The number of nitrogens with two attached hydrogens (primary N) is 1. The first-order valence-corrected chi connectivity index (χ1v) is 8.46. The van der Waals surface area contributed by atoms with Crippen LogP contribution < -0.4 is 20.5 Å². The van der Waals surface area contributed by atoms with E-state index in [1.54, 1.807) is 32.4 Å². The highest BCUT2D eigenvalue weighted by Gasteiger charge is 2.14. The van der Waals surface area contributed by atoms with Gasteiger partial charge in [0.2, 0.25) is 5.91 Å². The molecule has 0 bridgehead atoms. The topological polar surface area (TPSA) is 99.9 Å². The first kappa shape index (κ1) is 20.3. The average Bonchev–Trinajstić information content (AvgIpc) is 2.68. The summed E-state index contributed by atoms with van der Waals surface area (Å²) in [5, 5.41) is 2.91. The van der Waals surface area contributed by atoms with Gasteiger partial charge in [-0.3, -0.25) is 9.59 Å². The van der Waals surface area contributed by atoms with E-state index in [9.17, 15) is 9.59 Å². The third kappa shape index (κ3) is 5.46. The molecule has 0 aliphatic rings. The molecule has 0 radical (unpaired) electrons. The second kappa shape index (κ2) is 9.59. The molecule has 7 heteroatoms. The van der Waals surface area contributed by atoms with Crippen molar-refractivity contribution in [2.24, 2.45) is 5.73 Å². The Bertz CT molecular complexity index is 789. The molecule has 0 heterocycles. The van der Waals surface area contributed by atoms with E-state index in [0.717, 1.165) is 5.56 Å². The number of ether oxygens (including phenoxy) is 3. The molecule has 1 atom stereocenters. The van der Waals surface area contributed by atoms with Crippen LogP contribution in [-0.4, -0.2) is 39.2 Å². The van der Waals surface area contributed by atoms with Crippen molar-refractivity contribution in [2.75, 3.05) is 27.4 Å². The van der Waals surface area contributed by atoms with Gasteiger partial charge in [0.05, 0.1) is 19.8 Å². The zero-order chi connectivity index (χ0) is 19.8. The van der Waals surface area contributed by atoms with Crippen molar-refractivity contribution in [2.45, 2.75) is 13.0 Å². The highest BCUT2D eigenvalue weighted by atomic mass is 16.5. The Balaban J connectivity index is 2.06. The molecule has 0 aliphatic carbocycles. The molecule has 0 fully saturated rings. The van der Waals surface area contributed by atoms with Gasteiger partial charge >= 0.3 is 0 Å². The molecule has 27 heavy (non-hydrogen) atoms. The maximum Gasteiger partial charge on any atom is 0.251 e. The molecular weight excluding hydrogens is 348 g/mol. The van der Waals surface area contributed by atoms with Gasteiger partial charge in [0, 0.05) is 18.2 Å². The number of amides is 2. The van der Waals surface area contributed by atoms with E-state index in [1.807, 2.05) is 19.1 Å². The molecule has 0 saturated carbocycles. The lowest BCUT2D eigenvalue weighted by Crippen LogP contribution is -2.26. The van der Waals surface area contributed by atoms with Gasteiger partial charge in [0.25, 0.3) is 5.91 Å². The van der Waals surface area contributed by atoms with Crippen LogP contribution in [-0.2, 0) is 4.74 Å². The van der Waals surface area contributed by atoms with Crippen LogP contribution in [0.5, 0.6) is 11.5 Å². The van der Waals surface area contributed by atoms with E-state index >= 15 is 0 Å². The summed E-state index contributed by atoms with van der Waals surface area (Å²) in [7, 11) is 3.17. The molecule has 0 spiro atoms. The van der Waals surface area contributed by atoms with Gasteiger partial charge in [-0.25, -0.2) is 0 Å². The number of hydrogen-bond acceptors (Lipinski definition) is 5. The van der Waals surface area contributed by atoms with Gasteiger partial charge in [-0.2, -0.15) is 0 Å². The summed E-state index contributed by atoms with van der Waals surface area (Å²) in [6.07, 6.45) is 0. The average molecular weight is 372 g/mol. The minimum Gasteiger partial charge on any atom is -0.493 e. The molecule has 0 aromatic heterocycles. The highest BCUT2D eigenvalue weighted by molar-refractivity contribution is 5.97. The highest BCUT2D eigenvalue weighted by Crippen LogP contribution is 2.30. The fourth-order valence-electron chi connectivity index (χ4n) is 2.46. The molecule has 0 aliphatic heterocycles. The third-order valence-corrected chi connectivity index (χ3v) is 4.01. The van der Waals surface area contributed by atoms with Crippen LogP contribution in [0.3, 0.4) is 0 Å². The van der Waals surface area contributed by atoms with Crippen LogP contribution in [0.1, 0.15) is 39.2 Å². The number of methoxy groups -OCH3 is 2. The van der Waals surface area contributed by atoms with Crippen molar-refractivity contribution in [1.29, 1.82) is 0 Å². The van der Waals surface area contributed by atoms with Crippen LogP contribution in [0.15, 0.2) is 42.5 Å². The van der Waals surface area contributed by atoms with Crippen LogP contribution in [0, 0.1) is 0 Å². The number of carbonyl (C=O) groups is 2. The lowest BCUT2D eigenvalue weighted by atomic mass is 10.1. The van der Waals surface area contributed by atoms with Crippen LogP contribution in [0.4, 0.5) is 0 Å². The Kier molecular flexibility index (Phi) is 7.19. The summed E-state index contributed by atoms with van der Waals surface area (Å²) < 4.78 is 15.9. The molecule has 2 rings (SSSR count). The van der Waals surface area contributed by atoms with Gasteiger partial charge in [0.1, 0.15) is 6.61 Å². The molecule has 2 amide bonds. The summed E-state index contributed by atoms with van der Waals surface area (Å²) in [5.74, 6) is 0.405. The van der Waals surface area contributed by atoms with E-state index < -0.39 is 5.91 Å². The van der Waals surface area contributed by atoms with Crippen molar-refractivity contribution in [3.63, 3.8) is 0 Å². The number of nitrogens with one attached hydrogen (secondary N) is 1. The summed E-state index contributed by atoms with van der Waals surface area (Å²) in [5.41, 5.74) is 6.87. The Morgan fingerprint density at radius 1 is 1.00 bits per heavy atom. The summed E-state index contributed by atoms with van der Waals surface area (Å²) in [6.45, 7) is 2.77. The first-order valence-electron chi connectivity index (χ1n) is 8.46. The molecular formula is C20H24N2O5. The maximum absolute atomic E-state index is 12.4. The second-order valence-electron chi connectivity index (χ2n) is 5.89. The molecule has 3 N–H and O–H groups in total. The molecule has 2 aromatic carbocycles. The van der Waals surface area contributed by atoms with Crippen LogP contribution >= 0.6 is 0 Å². The van der Waals surface area contributed by atoms with Gasteiger partial charge < -0.3 is 25.3 Å². The monoisotopic (exact) mass is 372 g/mol. The zero-order valence-electron chi connectivity index (χ0n) is 15.7. The lowest BCUT2D eigenvalue weighted by Gasteiger charge is -2.17. The number of carbonyl (C=O) groups excluding carboxylic acids is 2. The van der Waals surface area contributed by atoms with E-state index in [4.69, 9.17) is 19.9 Å². The number of rotatable bonds is 9. The van der Waals surface area contributed by atoms with E-state index in [-0.39, 0.29) is 11.9 Å². The van der Waals surface area contributed by atoms with Crippen molar-refractivity contribution in [3.8, 4) is 11.5 Å². The normalized spacial score (nSPS) is 11.5. The number of hydrogen-bond donors (Lipinski definition) is 2. The summed E-state index contributed by atoms with van der Waals surface area (Å²) in [6, 6.07) is 11.4. The largest absolute Gasteiger partial charge is 0.493 e. The fraction of sp³-hybridized carbons (Fsp3) is 0.300. The Morgan fingerprint density at radius 3 is 2.26 bits per heavy atom. The first-order chi connectivity index (χ1) is 13.0. The van der Waals surface area contributed by atoms with Gasteiger partial charge in [-0.1, -0.05) is 6.07 Å². The Hall–Kier alpha value is -3.06. The standard InChI is InChI=1S/C20H24N2O5/c1-13(22-20(24)15-6-4-14(5-7-15)19(21)23)16-8-9-17(18(12-16)26-3)27-11-10-25-2/h4-9,12-13H,10-11H2,1-3H3,(H2,21,23)(H,22,24). The number of benzene rings is 2. The van der Waals surface area contributed by atoms with Crippen molar-refractivity contribution >= 4 is 11.8 Å². The summed E-state index contributed by atoms with van der Waals surface area (Å²) >= 11 is 0. The van der Waals surface area contributed by atoms with E-state index in [2.05, 4.69) is 5.32 Å². The molecule has 2 aromatic rings. The minimum atomic E-state index is -0.532. The predicted molar refractivity (Wildman–Crippen MR) is 101 cm³/mol. The smallest absolute Gasteiger partial charge is 0.251 e. The van der Waals surface area contributed by atoms with Gasteiger partial charge in [-0.15, -0.1) is 0 Å². The van der Waals surface area contributed by atoms with Gasteiger partial charge in [-0.05, 0) is 48.9 Å². The van der Waals surface area contributed by atoms with E-state index in [1.165, 1.54) is 12.1 Å². The molecule has 0 saturated heterocycles. The van der Waals surface area contributed by atoms with E-state index in [0.29, 0.717) is 35.8 Å². The summed E-state index contributed by atoms with van der Waals surface area (Å²) in [4.78, 5) is 23.5. The van der Waals surface area contributed by atoms with Crippen LogP contribution in [0.2, 0.25) is 0 Å². The molecule has 7 nitrogen and oxygen atoms in total.